The first-order valence-electron chi connectivity index (χ1n) is 8.93. The highest BCUT2D eigenvalue weighted by atomic mass is 16.4. The van der Waals surface area contributed by atoms with Crippen molar-refractivity contribution in [2.45, 2.75) is 5.92 Å². The van der Waals surface area contributed by atoms with Crippen LogP contribution in [-0.2, 0) is 9.59 Å². The number of carbonyl (C=O) groups is 2. The molecule has 2 aliphatic heterocycles. The summed E-state index contributed by atoms with van der Waals surface area (Å²) in [6.07, 6.45) is 0. The van der Waals surface area contributed by atoms with Crippen molar-refractivity contribution in [3.63, 3.8) is 0 Å². The van der Waals surface area contributed by atoms with E-state index >= 15 is 0 Å². The van der Waals surface area contributed by atoms with Crippen molar-refractivity contribution in [2.75, 3.05) is 26.2 Å². The summed E-state index contributed by atoms with van der Waals surface area (Å²) in [4.78, 5) is 26.2. The van der Waals surface area contributed by atoms with Gasteiger partial charge < -0.3 is 15.3 Å². The zero-order chi connectivity index (χ0) is 18.1. The number of nitrogens with one attached hydrogen (secondary N) is 1. The standard InChI is InChI=1S/C21H22N2O3/c24-19-18-12-23(14-21(18,13-22-19)20(25)26)11-17(15-7-3-1-4-8-15)16-9-5-2-6-10-16/h1-10,17-18H,11-14H2,(H,22,24)(H,25,26)/t18-,21+/m0/s1. The van der Waals surface area contributed by atoms with E-state index in [4.69, 9.17) is 0 Å². The molecule has 2 atom stereocenters. The lowest BCUT2D eigenvalue weighted by molar-refractivity contribution is -0.149. The van der Waals surface area contributed by atoms with Gasteiger partial charge in [-0.2, -0.15) is 0 Å². The third-order valence-electron chi connectivity index (χ3n) is 5.78. The van der Waals surface area contributed by atoms with Gasteiger partial charge in [-0.25, -0.2) is 0 Å². The smallest absolute Gasteiger partial charge is 0.313 e. The van der Waals surface area contributed by atoms with Crippen LogP contribution in [0.5, 0.6) is 0 Å². The van der Waals surface area contributed by atoms with Crippen molar-refractivity contribution in [1.29, 1.82) is 0 Å². The zero-order valence-electron chi connectivity index (χ0n) is 14.5. The van der Waals surface area contributed by atoms with Crippen LogP contribution in [0.1, 0.15) is 17.0 Å². The van der Waals surface area contributed by atoms with Crippen molar-refractivity contribution in [3.8, 4) is 0 Å². The number of hydrogen-bond acceptors (Lipinski definition) is 3. The third kappa shape index (κ3) is 2.78. The molecule has 0 saturated carbocycles. The minimum atomic E-state index is -0.991. The van der Waals surface area contributed by atoms with Gasteiger partial charge in [-0.15, -0.1) is 0 Å². The Kier molecular flexibility index (Phi) is 4.24. The Balaban J connectivity index is 1.62. The van der Waals surface area contributed by atoms with Gasteiger partial charge in [0.25, 0.3) is 0 Å². The molecule has 0 unspecified atom stereocenters. The molecule has 2 N–H and O–H groups in total. The van der Waals surface area contributed by atoms with Crippen LogP contribution in [0.2, 0.25) is 0 Å². The molecule has 1 amide bonds. The largest absolute Gasteiger partial charge is 0.481 e. The number of amides is 1. The number of fused-ring (bicyclic) bond motifs is 1. The first kappa shape index (κ1) is 16.8. The first-order chi connectivity index (χ1) is 12.6. The first-order valence-corrected chi connectivity index (χ1v) is 8.93. The van der Waals surface area contributed by atoms with Crippen LogP contribution in [0.25, 0.3) is 0 Å². The topological polar surface area (TPSA) is 69.6 Å². The molecule has 2 fully saturated rings. The molecule has 5 heteroatoms. The Morgan fingerprint density at radius 2 is 1.69 bits per heavy atom. The van der Waals surface area contributed by atoms with Crippen molar-refractivity contribution in [3.05, 3.63) is 71.8 Å². The van der Waals surface area contributed by atoms with E-state index in [1.54, 1.807) is 0 Å². The van der Waals surface area contributed by atoms with Crippen LogP contribution < -0.4 is 5.32 Å². The zero-order valence-corrected chi connectivity index (χ0v) is 14.5. The second-order valence-corrected chi connectivity index (χ2v) is 7.30. The molecular weight excluding hydrogens is 328 g/mol. The average Bonchev–Trinajstić information content (AvgIpc) is 3.19. The Bertz CT molecular complexity index is 769. The summed E-state index contributed by atoms with van der Waals surface area (Å²) in [5.41, 5.74) is 1.41. The number of carbonyl (C=O) groups excluding carboxylic acids is 1. The summed E-state index contributed by atoms with van der Waals surface area (Å²) in [7, 11) is 0. The minimum Gasteiger partial charge on any atom is -0.481 e. The SMILES string of the molecule is O=C1NC[C@@]2(C(=O)O)CN(CC(c3ccccc3)c3ccccc3)C[C@@H]12. The van der Waals surface area contributed by atoms with Gasteiger partial charge in [-0.1, -0.05) is 60.7 Å². The van der Waals surface area contributed by atoms with E-state index in [0.29, 0.717) is 19.6 Å². The van der Waals surface area contributed by atoms with Crippen LogP contribution in [0.4, 0.5) is 0 Å². The Hall–Kier alpha value is -2.66. The highest BCUT2D eigenvalue weighted by Gasteiger charge is 2.59. The second kappa shape index (κ2) is 6.57. The quantitative estimate of drug-likeness (QED) is 0.865. The molecule has 26 heavy (non-hydrogen) atoms. The molecule has 2 heterocycles. The van der Waals surface area contributed by atoms with Crippen LogP contribution in [0.15, 0.2) is 60.7 Å². The predicted octanol–water partition coefficient (Wildman–Crippen LogP) is 1.95. The number of benzene rings is 2. The van der Waals surface area contributed by atoms with Crippen molar-refractivity contribution < 1.29 is 14.7 Å². The molecule has 0 aromatic heterocycles. The van der Waals surface area contributed by atoms with Crippen LogP contribution in [0.3, 0.4) is 0 Å². The minimum absolute atomic E-state index is 0.133. The van der Waals surface area contributed by atoms with Gasteiger partial charge in [0.05, 0.1) is 5.92 Å². The maximum atomic E-state index is 12.1. The maximum Gasteiger partial charge on any atom is 0.313 e. The van der Waals surface area contributed by atoms with E-state index in [-0.39, 0.29) is 18.4 Å². The molecule has 4 rings (SSSR count). The Labute approximate surface area is 152 Å². The fourth-order valence-corrected chi connectivity index (χ4v) is 4.35. The van der Waals surface area contributed by atoms with Gasteiger partial charge >= 0.3 is 5.97 Å². The van der Waals surface area contributed by atoms with Gasteiger partial charge in [-0.05, 0) is 11.1 Å². The highest BCUT2D eigenvalue weighted by molar-refractivity contribution is 5.92. The summed E-state index contributed by atoms with van der Waals surface area (Å²) in [6.45, 7) is 1.83. The number of carboxylic acid groups (broad SMARTS) is 1. The molecule has 134 valence electrons. The van der Waals surface area contributed by atoms with E-state index in [1.807, 2.05) is 36.4 Å². The van der Waals surface area contributed by atoms with E-state index in [9.17, 15) is 14.7 Å². The van der Waals surface area contributed by atoms with E-state index in [1.165, 1.54) is 11.1 Å². The molecular formula is C21H22N2O3. The summed E-state index contributed by atoms with van der Waals surface area (Å²) in [5.74, 6) is -1.33. The van der Waals surface area contributed by atoms with Gasteiger partial charge in [0, 0.05) is 32.1 Å². The van der Waals surface area contributed by atoms with Crippen LogP contribution in [0, 0.1) is 11.3 Å². The Morgan fingerprint density at radius 3 is 2.19 bits per heavy atom. The maximum absolute atomic E-state index is 12.1. The summed E-state index contributed by atoms with van der Waals surface area (Å²) in [6, 6.07) is 20.5. The Morgan fingerprint density at radius 1 is 1.12 bits per heavy atom. The van der Waals surface area contributed by atoms with E-state index in [0.717, 1.165) is 0 Å². The van der Waals surface area contributed by atoms with Gasteiger partial charge in [-0.3, -0.25) is 9.59 Å². The molecule has 0 aliphatic carbocycles. The number of hydrogen-bond donors (Lipinski definition) is 2. The van der Waals surface area contributed by atoms with E-state index < -0.39 is 17.3 Å². The molecule has 5 nitrogen and oxygen atoms in total. The molecule has 2 aromatic carbocycles. The molecule has 0 bridgehead atoms. The summed E-state index contributed by atoms with van der Waals surface area (Å²) < 4.78 is 0. The van der Waals surface area contributed by atoms with Crippen LogP contribution in [-0.4, -0.2) is 48.1 Å². The normalized spacial score (nSPS) is 25.3. The highest BCUT2D eigenvalue weighted by Crippen LogP contribution is 2.41. The van der Waals surface area contributed by atoms with Crippen molar-refractivity contribution in [1.82, 2.24) is 10.2 Å². The summed E-state index contributed by atoms with van der Waals surface area (Å²) >= 11 is 0. The van der Waals surface area contributed by atoms with Crippen molar-refractivity contribution in [2.24, 2.45) is 11.3 Å². The van der Waals surface area contributed by atoms with Crippen LogP contribution >= 0.6 is 0 Å². The van der Waals surface area contributed by atoms with Gasteiger partial charge in [0.15, 0.2) is 0 Å². The monoisotopic (exact) mass is 350 g/mol. The lowest BCUT2D eigenvalue weighted by atomic mass is 9.81. The predicted molar refractivity (Wildman–Crippen MR) is 97.7 cm³/mol. The summed E-state index contributed by atoms with van der Waals surface area (Å²) in [5, 5.41) is 12.5. The van der Waals surface area contributed by atoms with Crippen molar-refractivity contribution >= 4 is 11.9 Å². The number of nitrogens with zero attached hydrogens (tertiary/aromatic N) is 1. The molecule has 2 aliphatic rings. The fraction of sp³-hybridized carbons (Fsp3) is 0.333. The molecule has 0 spiro atoms. The van der Waals surface area contributed by atoms with E-state index in [2.05, 4.69) is 34.5 Å². The van der Waals surface area contributed by atoms with Gasteiger partial charge in [0.2, 0.25) is 5.91 Å². The van der Waals surface area contributed by atoms with Gasteiger partial charge in [0.1, 0.15) is 5.41 Å². The number of rotatable bonds is 5. The number of carboxylic acids is 1. The molecule has 0 radical (unpaired) electrons. The fourth-order valence-electron chi connectivity index (χ4n) is 4.35. The lowest BCUT2D eigenvalue weighted by Gasteiger charge is -2.26. The third-order valence-corrected chi connectivity index (χ3v) is 5.78. The second-order valence-electron chi connectivity index (χ2n) is 7.30. The average molecular weight is 350 g/mol. The number of likely N-dealkylation sites (tertiary alicyclic amines) is 1. The lowest BCUT2D eigenvalue weighted by Crippen LogP contribution is -2.40. The molecule has 2 saturated heterocycles. The molecule has 2 aromatic rings. The number of aliphatic carboxylic acids is 1.